The number of carbonyl (C=O) groups is 1. The standard InChI is InChI=1S/C25H43NO18.H2O4S/c1-7-13(26-9-2-8(3-27)14(33)18(37)15(9)34)17(36)20(39)24(41-7)44-23-12(6-30)42-25(21(40)19(23)38)43-22(11(32)5-29)16(35)10(31)4-28;1-5(2,3)4/h2,4,7,9-27,29-40H,3,5-6H2,1H3;(H2,1,2,3,4). The van der Waals surface area contributed by atoms with Gasteiger partial charge in [-0.25, -0.2) is 0 Å². The molecule has 0 saturated carbocycles. The fourth-order valence-corrected chi connectivity index (χ4v) is 5.36. The van der Waals surface area contributed by atoms with Gasteiger partial charge in [-0.3, -0.25) is 9.11 Å². The van der Waals surface area contributed by atoms with Gasteiger partial charge in [-0.15, -0.1) is 0 Å². The van der Waals surface area contributed by atoms with Gasteiger partial charge < -0.3 is 95.4 Å². The number of hydrogen-bond acceptors (Lipinski definition) is 21. The first-order valence-corrected chi connectivity index (χ1v) is 16.0. The van der Waals surface area contributed by atoms with Gasteiger partial charge in [0.05, 0.1) is 38.0 Å². The lowest BCUT2D eigenvalue weighted by molar-refractivity contribution is -0.361. The van der Waals surface area contributed by atoms with Crippen LogP contribution in [-0.4, -0.2) is 220 Å². The molecule has 18 atom stereocenters. The molecule has 24 heteroatoms. The van der Waals surface area contributed by atoms with Gasteiger partial charge in [0.2, 0.25) is 0 Å². The Morgan fingerprint density at radius 1 is 0.878 bits per heavy atom. The van der Waals surface area contributed by atoms with Crippen molar-refractivity contribution in [3.63, 3.8) is 0 Å². The van der Waals surface area contributed by atoms with Gasteiger partial charge in [0.25, 0.3) is 0 Å². The van der Waals surface area contributed by atoms with Gasteiger partial charge in [-0.2, -0.15) is 8.42 Å². The van der Waals surface area contributed by atoms with Gasteiger partial charge in [-0.1, -0.05) is 6.08 Å². The van der Waals surface area contributed by atoms with Crippen LogP contribution in [0.15, 0.2) is 11.6 Å². The largest absolute Gasteiger partial charge is 0.394 e. The van der Waals surface area contributed by atoms with Crippen LogP contribution in [-0.2, 0) is 34.1 Å². The molecule has 0 radical (unpaired) electrons. The van der Waals surface area contributed by atoms with E-state index < -0.39 is 140 Å². The smallest absolute Gasteiger partial charge is 0.394 e. The maximum Gasteiger partial charge on any atom is 0.394 e. The van der Waals surface area contributed by atoms with Crippen LogP contribution in [0.3, 0.4) is 0 Å². The number of hydrogen-bond donors (Lipinski definition) is 16. The number of aliphatic hydroxyl groups excluding tert-OH is 13. The Morgan fingerprint density at radius 2 is 1.45 bits per heavy atom. The lowest BCUT2D eigenvalue weighted by atomic mass is 9.86. The highest BCUT2D eigenvalue weighted by Gasteiger charge is 2.52. The number of aliphatic hydroxyl groups is 13. The molecule has 3 rings (SSSR count). The number of aldehydes is 1. The van der Waals surface area contributed by atoms with E-state index in [2.05, 4.69) is 5.32 Å². The molecule has 2 heterocycles. The second-order valence-corrected chi connectivity index (χ2v) is 12.4. The minimum atomic E-state index is -4.67. The van der Waals surface area contributed by atoms with Crippen molar-refractivity contribution in [1.29, 1.82) is 0 Å². The van der Waals surface area contributed by atoms with Crippen LogP contribution in [0.4, 0.5) is 0 Å². The summed E-state index contributed by atoms with van der Waals surface area (Å²) in [4.78, 5) is 10.9. The van der Waals surface area contributed by atoms with Gasteiger partial charge in [-0.05, 0) is 12.5 Å². The Hall–Kier alpha value is -1.44. The summed E-state index contributed by atoms with van der Waals surface area (Å²) >= 11 is 0. The number of ether oxygens (including phenoxy) is 4. The molecule has 0 aromatic carbocycles. The van der Waals surface area contributed by atoms with Crippen molar-refractivity contribution in [2.75, 3.05) is 19.8 Å². The van der Waals surface area contributed by atoms with E-state index in [1.807, 2.05) is 0 Å². The average molecular weight is 744 g/mol. The molecular weight excluding hydrogens is 698 g/mol. The summed E-state index contributed by atoms with van der Waals surface area (Å²) in [5.74, 6) is 0. The molecule has 2 fully saturated rings. The van der Waals surface area contributed by atoms with Crippen molar-refractivity contribution < 1.29 is 108 Å². The molecule has 23 nitrogen and oxygen atoms in total. The first-order chi connectivity index (χ1) is 22.7. The zero-order valence-corrected chi connectivity index (χ0v) is 26.5. The normalized spacial score (nSPS) is 41.0. The number of carbonyl (C=O) groups excluding carboxylic acids is 1. The maximum absolute atomic E-state index is 10.9. The molecule has 0 bridgehead atoms. The Kier molecular flexibility index (Phi) is 16.8. The molecule has 18 unspecified atom stereocenters. The molecule has 0 spiro atoms. The molecule has 2 saturated heterocycles. The lowest BCUT2D eigenvalue weighted by Gasteiger charge is -2.48. The monoisotopic (exact) mass is 743 g/mol. The Morgan fingerprint density at radius 3 is 1.96 bits per heavy atom. The van der Waals surface area contributed by atoms with Gasteiger partial charge >= 0.3 is 10.4 Å². The van der Waals surface area contributed by atoms with E-state index in [4.69, 9.17) is 36.5 Å². The Labute approximate surface area is 278 Å². The van der Waals surface area contributed by atoms with E-state index >= 15 is 0 Å². The fourth-order valence-electron chi connectivity index (χ4n) is 5.36. The summed E-state index contributed by atoms with van der Waals surface area (Å²) in [6.07, 6.45) is -26.8. The van der Waals surface area contributed by atoms with E-state index in [9.17, 15) is 71.2 Å². The van der Waals surface area contributed by atoms with Crippen molar-refractivity contribution in [1.82, 2.24) is 5.32 Å². The first-order valence-electron chi connectivity index (χ1n) is 14.6. The van der Waals surface area contributed by atoms with E-state index in [0.29, 0.717) is 0 Å². The zero-order chi connectivity index (χ0) is 37.5. The molecule has 2 aliphatic heterocycles. The van der Waals surface area contributed by atoms with Crippen LogP contribution >= 0.6 is 0 Å². The maximum atomic E-state index is 10.9. The average Bonchev–Trinajstić information content (AvgIpc) is 3.05. The minimum Gasteiger partial charge on any atom is -0.394 e. The molecule has 0 amide bonds. The Bertz CT molecular complexity index is 1150. The highest BCUT2D eigenvalue weighted by Crippen LogP contribution is 2.31. The SMILES string of the molecule is CC1OC(OC2C(CO)OC(OC(C(O)CO)C(O)C(O)C=O)C(O)C2O)C(O)C(O)C1NC1C=C(CO)C(O)C(O)C1O.O=S(=O)(O)O. The highest BCUT2D eigenvalue weighted by atomic mass is 32.3. The van der Waals surface area contributed by atoms with Crippen molar-refractivity contribution in [3.05, 3.63) is 11.6 Å². The third-order valence-corrected chi connectivity index (χ3v) is 8.03. The molecular formula is C25H45NO22S. The topological polar surface area (TPSA) is 404 Å². The van der Waals surface area contributed by atoms with Crippen LogP contribution in [0.5, 0.6) is 0 Å². The van der Waals surface area contributed by atoms with Gasteiger partial charge in [0, 0.05) is 0 Å². The summed E-state index contributed by atoms with van der Waals surface area (Å²) in [6.45, 7) is -1.08. The minimum absolute atomic E-state index is 0.00900. The van der Waals surface area contributed by atoms with Crippen molar-refractivity contribution in [2.24, 2.45) is 0 Å². The summed E-state index contributed by atoms with van der Waals surface area (Å²) in [5.41, 5.74) is 0.00900. The van der Waals surface area contributed by atoms with Crippen LogP contribution in [0.25, 0.3) is 0 Å². The summed E-state index contributed by atoms with van der Waals surface area (Å²) in [7, 11) is -4.67. The van der Waals surface area contributed by atoms with E-state index in [0.717, 1.165) is 0 Å². The van der Waals surface area contributed by atoms with Crippen molar-refractivity contribution in [3.8, 4) is 0 Å². The van der Waals surface area contributed by atoms with Crippen LogP contribution < -0.4 is 5.32 Å². The van der Waals surface area contributed by atoms with Gasteiger partial charge in [0.15, 0.2) is 18.9 Å². The van der Waals surface area contributed by atoms with Crippen molar-refractivity contribution >= 4 is 16.7 Å². The number of nitrogens with one attached hydrogen (secondary N) is 1. The van der Waals surface area contributed by atoms with Crippen LogP contribution in [0.1, 0.15) is 6.92 Å². The summed E-state index contributed by atoms with van der Waals surface area (Å²) < 4.78 is 53.6. The molecule has 16 N–H and O–H groups in total. The van der Waals surface area contributed by atoms with E-state index in [1.165, 1.54) is 13.0 Å². The molecule has 288 valence electrons. The second kappa shape index (κ2) is 18.9. The molecule has 1 aliphatic carbocycles. The Balaban J connectivity index is 0.00000155. The van der Waals surface area contributed by atoms with Crippen LogP contribution in [0, 0.1) is 0 Å². The third kappa shape index (κ3) is 11.3. The predicted molar refractivity (Wildman–Crippen MR) is 153 cm³/mol. The second-order valence-electron chi connectivity index (χ2n) is 11.5. The van der Waals surface area contributed by atoms with E-state index in [1.54, 1.807) is 0 Å². The van der Waals surface area contributed by atoms with E-state index in [-0.39, 0.29) is 11.9 Å². The molecule has 49 heavy (non-hydrogen) atoms. The summed E-state index contributed by atoms with van der Waals surface area (Å²) in [5, 5.41) is 135. The predicted octanol–water partition coefficient (Wildman–Crippen LogP) is -9.37. The molecule has 3 aliphatic rings. The quantitative estimate of drug-likeness (QED) is 0.0473. The lowest BCUT2D eigenvalue weighted by Crippen LogP contribution is -2.68. The zero-order valence-electron chi connectivity index (χ0n) is 25.6. The third-order valence-electron chi connectivity index (χ3n) is 8.03. The molecule has 0 aromatic heterocycles. The van der Waals surface area contributed by atoms with Crippen LogP contribution in [0.2, 0.25) is 0 Å². The van der Waals surface area contributed by atoms with Gasteiger partial charge in [0.1, 0.15) is 79.4 Å². The number of rotatable bonds is 13. The van der Waals surface area contributed by atoms with Crippen molar-refractivity contribution in [2.45, 2.75) is 117 Å². The highest BCUT2D eigenvalue weighted by molar-refractivity contribution is 7.79. The fraction of sp³-hybridized carbons (Fsp3) is 0.880. The molecule has 0 aromatic rings. The summed E-state index contributed by atoms with van der Waals surface area (Å²) in [6, 6.07) is -2.21. The first kappa shape index (κ1) is 43.7.